The zero-order valence-corrected chi connectivity index (χ0v) is 25.8. The molecule has 4 aromatic carbocycles. The first-order chi connectivity index (χ1) is 22.0. The molecule has 0 aliphatic heterocycles. The SMILES string of the molecule is Cc1ccc(OCCCCCCOc2cc(-c3nnc(-c4ccc(C)cc4)o3)cc(-c3nnc(-c4ccc(C)cc4)o3)c2)cc1. The second-order valence-corrected chi connectivity index (χ2v) is 11.2. The van der Waals surface area contributed by atoms with Crippen LogP contribution in [0, 0.1) is 20.8 Å². The van der Waals surface area contributed by atoms with E-state index in [0.29, 0.717) is 53.7 Å². The van der Waals surface area contributed by atoms with Crippen LogP contribution in [0.25, 0.3) is 45.8 Å². The number of hydrogen-bond donors (Lipinski definition) is 0. The third kappa shape index (κ3) is 7.84. The lowest BCUT2D eigenvalue weighted by atomic mass is 10.1. The maximum atomic E-state index is 6.22. The minimum atomic E-state index is 0.379. The fourth-order valence-electron chi connectivity index (χ4n) is 4.81. The molecule has 0 amide bonds. The van der Waals surface area contributed by atoms with Crippen LogP contribution in [-0.2, 0) is 0 Å². The third-order valence-corrected chi connectivity index (χ3v) is 7.44. The molecule has 0 fully saturated rings. The van der Waals surface area contributed by atoms with Gasteiger partial charge in [0.15, 0.2) is 0 Å². The van der Waals surface area contributed by atoms with Crippen LogP contribution in [-0.4, -0.2) is 33.6 Å². The summed E-state index contributed by atoms with van der Waals surface area (Å²) in [6, 6.07) is 29.8. The average Bonchev–Trinajstić information content (AvgIpc) is 3.75. The summed E-state index contributed by atoms with van der Waals surface area (Å²) in [7, 11) is 0. The van der Waals surface area contributed by atoms with E-state index in [-0.39, 0.29) is 0 Å². The molecule has 8 nitrogen and oxygen atoms in total. The predicted molar refractivity (Wildman–Crippen MR) is 174 cm³/mol. The number of rotatable bonds is 13. The lowest BCUT2D eigenvalue weighted by Gasteiger charge is -2.09. The summed E-state index contributed by atoms with van der Waals surface area (Å²) in [6.07, 6.45) is 4.01. The first-order valence-electron chi connectivity index (χ1n) is 15.3. The van der Waals surface area contributed by atoms with E-state index in [2.05, 4.69) is 39.5 Å². The molecule has 0 N–H and O–H groups in total. The minimum Gasteiger partial charge on any atom is -0.494 e. The fourth-order valence-corrected chi connectivity index (χ4v) is 4.81. The van der Waals surface area contributed by atoms with E-state index in [4.69, 9.17) is 18.3 Å². The number of aryl methyl sites for hydroxylation is 3. The predicted octanol–water partition coefficient (Wildman–Crippen LogP) is 9.06. The van der Waals surface area contributed by atoms with Gasteiger partial charge in [0, 0.05) is 22.3 Å². The molecule has 0 atom stereocenters. The Hall–Kier alpha value is -5.24. The molecular weight excluding hydrogens is 564 g/mol. The van der Waals surface area contributed by atoms with Crippen LogP contribution in [0.3, 0.4) is 0 Å². The van der Waals surface area contributed by atoms with Gasteiger partial charge >= 0.3 is 0 Å². The van der Waals surface area contributed by atoms with Gasteiger partial charge in [0.1, 0.15) is 11.5 Å². The highest BCUT2D eigenvalue weighted by Crippen LogP contribution is 2.33. The summed E-state index contributed by atoms with van der Waals surface area (Å²) in [5.41, 5.74) is 6.68. The number of unbranched alkanes of at least 4 members (excludes halogenated alkanes) is 3. The maximum Gasteiger partial charge on any atom is 0.248 e. The van der Waals surface area contributed by atoms with Crippen molar-refractivity contribution in [1.82, 2.24) is 20.4 Å². The van der Waals surface area contributed by atoms with Gasteiger partial charge in [-0.1, -0.05) is 53.1 Å². The third-order valence-electron chi connectivity index (χ3n) is 7.44. The van der Waals surface area contributed by atoms with Crippen LogP contribution in [0.1, 0.15) is 42.4 Å². The van der Waals surface area contributed by atoms with Gasteiger partial charge in [-0.2, -0.15) is 0 Å². The highest BCUT2D eigenvalue weighted by atomic mass is 16.5. The molecule has 0 spiro atoms. The molecule has 6 aromatic rings. The Balaban J connectivity index is 1.14. The molecule has 2 aromatic heterocycles. The molecular formula is C37H36N4O4. The van der Waals surface area contributed by atoms with E-state index in [1.165, 1.54) is 5.56 Å². The van der Waals surface area contributed by atoms with Gasteiger partial charge in [0.05, 0.1) is 13.2 Å². The number of nitrogens with zero attached hydrogens (tertiary/aromatic N) is 4. The molecule has 8 heteroatoms. The topological polar surface area (TPSA) is 96.3 Å². The van der Waals surface area contributed by atoms with Crippen molar-refractivity contribution >= 4 is 0 Å². The van der Waals surface area contributed by atoms with Gasteiger partial charge in [0.2, 0.25) is 23.6 Å². The van der Waals surface area contributed by atoms with Crippen LogP contribution in [0.5, 0.6) is 11.5 Å². The Morgan fingerprint density at radius 2 is 0.800 bits per heavy atom. The molecule has 228 valence electrons. The molecule has 45 heavy (non-hydrogen) atoms. The van der Waals surface area contributed by atoms with Gasteiger partial charge in [-0.05, 0) is 101 Å². The highest BCUT2D eigenvalue weighted by molar-refractivity contribution is 5.69. The second-order valence-electron chi connectivity index (χ2n) is 11.2. The Kier molecular flexibility index (Phi) is 9.30. The molecule has 0 radical (unpaired) electrons. The monoisotopic (exact) mass is 600 g/mol. The van der Waals surface area contributed by atoms with Gasteiger partial charge in [0.25, 0.3) is 0 Å². The minimum absolute atomic E-state index is 0.379. The van der Waals surface area contributed by atoms with Gasteiger partial charge in [-0.3, -0.25) is 0 Å². The van der Waals surface area contributed by atoms with E-state index in [1.54, 1.807) is 0 Å². The molecule has 0 saturated carbocycles. The first kappa shape index (κ1) is 29.8. The zero-order valence-electron chi connectivity index (χ0n) is 25.8. The second kappa shape index (κ2) is 14.0. The van der Waals surface area contributed by atoms with Crippen LogP contribution in [0.15, 0.2) is 99.8 Å². The number of ether oxygens (including phenoxy) is 2. The standard InChI is InChI=1S/C37H36N4O4/c1-25-8-14-28(15-9-25)34-38-40-36(44-34)30-22-31(37-41-39-35(45-37)29-16-10-26(2)11-17-29)24-33(23-30)43-21-7-5-4-6-20-42-32-18-12-27(3)13-19-32/h8-19,22-24H,4-7,20-21H2,1-3H3. The smallest absolute Gasteiger partial charge is 0.248 e. The molecule has 0 aliphatic rings. The molecule has 0 unspecified atom stereocenters. The van der Waals surface area contributed by atoms with Crippen LogP contribution in [0.4, 0.5) is 0 Å². The Morgan fingerprint density at radius 1 is 0.422 bits per heavy atom. The highest BCUT2D eigenvalue weighted by Gasteiger charge is 2.17. The fraction of sp³-hybridized carbons (Fsp3) is 0.243. The van der Waals surface area contributed by atoms with Crippen molar-refractivity contribution in [1.29, 1.82) is 0 Å². The number of benzene rings is 4. The number of aromatic nitrogens is 4. The molecule has 0 saturated heterocycles. The van der Waals surface area contributed by atoms with Crippen molar-refractivity contribution < 1.29 is 18.3 Å². The summed E-state index contributed by atoms with van der Waals surface area (Å²) >= 11 is 0. The van der Waals surface area contributed by atoms with Gasteiger partial charge in [-0.25, -0.2) is 0 Å². The summed E-state index contributed by atoms with van der Waals surface area (Å²) in [4.78, 5) is 0. The Bertz CT molecular complexity index is 1720. The summed E-state index contributed by atoms with van der Waals surface area (Å²) < 4.78 is 24.2. The van der Waals surface area contributed by atoms with Crippen molar-refractivity contribution in [2.75, 3.05) is 13.2 Å². The molecule has 2 heterocycles. The van der Waals surface area contributed by atoms with Crippen molar-refractivity contribution in [3.05, 3.63) is 108 Å². The number of hydrogen-bond acceptors (Lipinski definition) is 8. The van der Waals surface area contributed by atoms with E-state index in [1.807, 2.05) is 92.7 Å². The van der Waals surface area contributed by atoms with Gasteiger partial charge < -0.3 is 18.3 Å². The van der Waals surface area contributed by atoms with Crippen LogP contribution in [0.2, 0.25) is 0 Å². The largest absolute Gasteiger partial charge is 0.494 e. The lowest BCUT2D eigenvalue weighted by Crippen LogP contribution is -2.00. The zero-order chi connectivity index (χ0) is 31.0. The lowest BCUT2D eigenvalue weighted by molar-refractivity contribution is 0.287. The van der Waals surface area contributed by atoms with E-state index < -0.39 is 0 Å². The molecule has 6 rings (SSSR count). The first-order valence-corrected chi connectivity index (χ1v) is 15.3. The Morgan fingerprint density at radius 3 is 1.24 bits per heavy atom. The van der Waals surface area contributed by atoms with Crippen LogP contribution < -0.4 is 9.47 Å². The average molecular weight is 601 g/mol. The van der Waals surface area contributed by atoms with Crippen molar-refractivity contribution in [3.8, 4) is 57.3 Å². The van der Waals surface area contributed by atoms with Crippen molar-refractivity contribution in [3.63, 3.8) is 0 Å². The summed E-state index contributed by atoms with van der Waals surface area (Å²) in [5, 5.41) is 17.3. The maximum absolute atomic E-state index is 6.22. The van der Waals surface area contributed by atoms with Crippen LogP contribution >= 0.6 is 0 Å². The van der Waals surface area contributed by atoms with E-state index >= 15 is 0 Å². The normalized spacial score (nSPS) is 11.1. The molecule has 0 aliphatic carbocycles. The molecule has 0 bridgehead atoms. The van der Waals surface area contributed by atoms with Crippen molar-refractivity contribution in [2.24, 2.45) is 0 Å². The quantitative estimate of drug-likeness (QED) is 0.121. The van der Waals surface area contributed by atoms with E-state index in [9.17, 15) is 0 Å². The Labute approximate surface area is 263 Å². The van der Waals surface area contributed by atoms with Gasteiger partial charge in [-0.15, -0.1) is 20.4 Å². The van der Waals surface area contributed by atoms with E-state index in [0.717, 1.165) is 53.7 Å². The summed E-state index contributed by atoms with van der Waals surface area (Å²) in [5.74, 6) is 3.23. The summed E-state index contributed by atoms with van der Waals surface area (Å²) in [6.45, 7) is 7.43. The van der Waals surface area contributed by atoms with Crippen molar-refractivity contribution in [2.45, 2.75) is 46.5 Å².